The lowest BCUT2D eigenvalue weighted by Gasteiger charge is -2.13. The van der Waals surface area contributed by atoms with E-state index in [9.17, 15) is 9.59 Å². The highest BCUT2D eigenvalue weighted by atomic mass is 16.5. The minimum absolute atomic E-state index is 0.201. The van der Waals surface area contributed by atoms with Crippen LogP contribution in [-0.4, -0.2) is 30.2 Å². The normalized spacial score (nSPS) is 10.2. The molecule has 3 aromatic carbocycles. The fraction of sp³-hybridized carbons (Fsp3) is 0.130. The number of carboxylic acids is 1. The number of ether oxygens (including phenoxy) is 2. The van der Waals surface area contributed by atoms with Crippen LogP contribution < -0.4 is 14.8 Å². The summed E-state index contributed by atoms with van der Waals surface area (Å²) in [6.07, 6.45) is 0. The van der Waals surface area contributed by atoms with Gasteiger partial charge in [-0.1, -0.05) is 29.8 Å². The van der Waals surface area contributed by atoms with Gasteiger partial charge in [0.25, 0.3) is 5.91 Å². The summed E-state index contributed by atoms with van der Waals surface area (Å²) in [6.45, 7) is 2.50. The first-order valence-corrected chi connectivity index (χ1v) is 9.09. The Kier molecular flexibility index (Phi) is 6.47. The van der Waals surface area contributed by atoms with E-state index in [4.69, 9.17) is 14.6 Å². The SMILES string of the molecule is Cc1ccc(C(=O)Nc2ccccc2OCCOc2ccc(C(=O)O)cc2)cc1. The van der Waals surface area contributed by atoms with Crippen LogP contribution in [0.3, 0.4) is 0 Å². The van der Waals surface area contributed by atoms with Gasteiger partial charge in [-0.3, -0.25) is 4.79 Å². The third-order valence-electron chi connectivity index (χ3n) is 4.16. The molecule has 0 aliphatic heterocycles. The third kappa shape index (κ3) is 5.59. The second-order valence-electron chi connectivity index (χ2n) is 6.34. The van der Waals surface area contributed by atoms with Crippen LogP contribution in [0.2, 0.25) is 0 Å². The van der Waals surface area contributed by atoms with E-state index in [-0.39, 0.29) is 24.7 Å². The van der Waals surface area contributed by atoms with E-state index >= 15 is 0 Å². The van der Waals surface area contributed by atoms with Crippen molar-refractivity contribution >= 4 is 17.6 Å². The second kappa shape index (κ2) is 9.41. The highest BCUT2D eigenvalue weighted by Gasteiger charge is 2.10. The molecule has 6 nitrogen and oxygen atoms in total. The standard InChI is InChI=1S/C23H21NO5/c1-16-6-8-17(9-7-16)22(25)24-20-4-2-3-5-21(20)29-15-14-28-19-12-10-18(11-13-19)23(26)27/h2-13H,14-15H2,1H3,(H,24,25)(H,26,27). The molecule has 0 unspecified atom stereocenters. The molecule has 0 fully saturated rings. The molecule has 6 heteroatoms. The minimum atomic E-state index is -0.982. The predicted octanol–water partition coefficient (Wildman–Crippen LogP) is 4.40. The summed E-state index contributed by atoms with van der Waals surface area (Å²) >= 11 is 0. The van der Waals surface area contributed by atoms with Gasteiger partial charge in [-0.2, -0.15) is 0 Å². The highest BCUT2D eigenvalue weighted by Crippen LogP contribution is 2.24. The number of aromatic carboxylic acids is 1. The molecule has 29 heavy (non-hydrogen) atoms. The van der Waals surface area contributed by atoms with E-state index < -0.39 is 5.97 Å². The molecule has 0 bridgehead atoms. The smallest absolute Gasteiger partial charge is 0.335 e. The monoisotopic (exact) mass is 391 g/mol. The van der Waals surface area contributed by atoms with E-state index in [1.165, 1.54) is 12.1 Å². The Balaban J connectivity index is 1.54. The number of carboxylic acid groups (broad SMARTS) is 1. The van der Waals surface area contributed by atoms with Crippen molar-refractivity contribution in [1.29, 1.82) is 0 Å². The maximum Gasteiger partial charge on any atom is 0.335 e. The van der Waals surface area contributed by atoms with Gasteiger partial charge in [0.2, 0.25) is 0 Å². The first kappa shape index (κ1) is 19.9. The summed E-state index contributed by atoms with van der Waals surface area (Å²) in [5.74, 6) is -0.0997. The van der Waals surface area contributed by atoms with Gasteiger partial charge in [0.15, 0.2) is 0 Å². The summed E-state index contributed by atoms with van der Waals surface area (Å²) in [7, 11) is 0. The van der Waals surface area contributed by atoms with Crippen molar-refractivity contribution in [3.05, 3.63) is 89.5 Å². The van der Waals surface area contributed by atoms with Crippen LogP contribution in [0.15, 0.2) is 72.8 Å². The molecule has 0 atom stereocenters. The van der Waals surface area contributed by atoms with Gasteiger partial charge in [-0.15, -0.1) is 0 Å². The van der Waals surface area contributed by atoms with Crippen molar-refractivity contribution in [2.75, 3.05) is 18.5 Å². The quantitative estimate of drug-likeness (QED) is 0.556. The molecule has 0 saturated carbocycles. The number of amides is 1. The van der Waals surface area contributed by atoms with Crippen molar-refractivity contribution in [3.63, 3.8) is 0 Å². The van der Waals surface area contributed by atoms with Gasteiger partial charge in [0, 0.05) is 5.56 Å². The maximum atomic E-state index is 12.4. The number of carbonyl (C=O) groups is 2. The Morgan fingerprint density at radius 3 is 2.14 bits per heavy atom. The molecular formula is C23H21NO5. The second-order valence-corrected chi connectivity index (χ2v) is 6.34. The van der Waals surface area contributed by atoms with Gasteiger partial charge >= 0.3 is 5.97 Å². The van der Waals surface area contributed by atoms with Crippen LogP contribution in [0.5, 0.6) is 11.5 Å². The molecule has 148 valence electrons. The van der Waals surface area contributed by atoms with Crippen molar-refractivity contribution < 1.29 is 24.2 Å². The molecule has 0 spiro atoms. The lowest BCUT2D eigenvalue weighted by atomic mass is 10.1. The Morgan fingerprint density at radius 2 is 1.45 bits per heavy atom. The Bertz CT molecular complexity index is 981. The van der Waals surface area contributed by atoms with Crippen LogP contribution in [0, 0.1) is 6.92 Å². The lowest BCUT2D eigenvalue weighted by molar-refractivity contribution is 0.0696. The maximum absolute atomic E-state index is 12.4. The van der Waals surface area contributed by atoms with Crippen molar-refractivity contribution in [1.82, 2.24) is 0 Å². The van der Waals surface area contributed by atoms with Gasteiger partial charge < -0.3 is 19.9 Å². The first-order valence-electron chi connectivity index (χ1n) is 9.09. The predicted molar refractivity (Wildman–Crippen MR) is 110 cm³/mol. The van der Waals surface area contributed by atoms with Gasteiger partial charge in [0.1, 0.15) is 24.7 Å². The van der Waals surface area contributed by atoms with Crippen LogP contribution in [0.4, 0.5) is 5.69 Å². The largest absolute Gasteiger partial charge is 0.490 e. The molecule has 0 heterocycles. The molecule has 0 aliphatic rings. The summed E-state index contributed by atoms with van der Waals surface area (Å²) in [6, 6.07) is 20.7. The van der Waals surface area contributed by atoms with E-state index in [0.29, 0.717) is 22.7 Å². The third-order valence-corrected chi connectivity index (χ3v) is 4.16. The molecule has 0 aliphatic carbocycles. The number of hydrogen-bond acceptors (Lipinski definition) is 4. The summed E-state index contributed by atoms with van der Waals surface area (Å²) in [4.78, 5) is 23.3. The average Bonchev–Trinajstić information content (AvgIpc) is 2.73. The number of rotatable bonds is 8. The zero-order chi connectivity index (χ0) is 20.6. The molecule has 0 radical (unpaired) electrons. The fourth-order valence-electron chi connectivity index (χ4n) is 2.60. The molecule has 0 saturated heterocycles. The molecule has 3 aromatic rings. The van der Waals surface area contributed by atoms with E-state index in [2.05, 4.69) is 5.32 Å². The topological polar surface area (TPSA) is 84.9 Å². The number of hydrogen-bond donors (Lipinski definition) is 2. The number of benzene rings is 3. The van der Waals surface area contributed by atoms with Crippen LogP contribution in [0.1, 0.15) is 26.3 Å². The molecule has 3 rings (SSSR count). The van der Waals surface area contributed by atoms with E-state index in [1.807, 2.05) is 31.2 Å². The summed E-state index contributed by atoms with van der Waals surface area (Å²) in [5.41, 5.74) is 2.43. The highest BCUT2D eigenvalue weighted by molar-refractivity contribution is 6.05. The molecular weight excluding hydrogens is 370 g/mol. The van der Waals surface area contributed by atoms with Crippen molar-refractivity contribution in [2.45, 2.75) is 6.92 Å². The average molecular weight is 391 g/mol. The zero-order valence-corrected chi connectivity index (χ0v) is 15.9. The van der Waals surface area contributed by atoms with E-state index in [1.54, 1.807) is 36.4 Å². The fourth-order valence-corrected chi connectivity index (χ4v) is 2.60. The number of aryl methyl sites for hydroxylation is 1. The number of nitrogens with one attached hydrogen (secondary N) is 1. The number of anilines is 1. The molecule has 1 amide bonds. The molecule has 2 N–H and O–H groups in total. The van der Waals surface area contributed by atoms with Crippen LogP contribution in [0.25, 0.3) is 0 Å². The van der Waals surface area contributed by atoms with Crippen molar-refractivity contribution in [2.24, 2.45) is 0 Å². The van der Waals surface area contributed by atoms with Gasteiger partial charge in [0.05, 0.1) is 11.3 Å². The summed E-state index contributed by atoms with van der Waals surface area (Å²) in [5, 5.41) is 11.8. The number of para-hydroxylation sites is 2. The Labute approximate surface area is 168 Å². The van der Waals surface area contributed by atoms with Gasteiger partial charge in [-0.05, 0) is 55.5 Å². The summed E-state index contributed by atoms with van der Waals surface area (Å²) < 4.78 is 11.3. The first-order chi connectivity index (χ1) is 14.0. The zero-order valence-electron chi connectivity index (χ0n) is 15.9. The van der Waals surface area contributed by atoms with E-state index in [0.717, 1.165) is 5.56 Å². The van der Waals surface area contributed by atoms with Crippen LogP contribution in [-0.2, 0) is 0 Å². The minimum Gasteiger partial charge on any atom is -0.490 e. The van der Waals surface area contributed by atoms with Crippen LogP contribution >= 0.6 is 0 Å². The van der Waals surface area contributed by atoms with Gasteiger partial charge in [-0.25, -0.2) is 4.79 Å². The van der Waals surface area contributed by atoms with Crippen molar-refractivity contribution in [3.8, 4) is 11.5 Å². The Morgan fingerprint density at radius 1 is 0.828 bits per heavy atom. The number of carbonyl (C=O) groups excluding carboxylic acids is 1. The molecule has 0 aromatic heterocycles. The Hall–Kier alpha value is -3.80. The lowest BCUT2D eigenvalue weighted by Crippen LogP contribution is -2.14.